The number of carbonyl (C=O) groups excluding carboxylic acids is 2. The van der Waals surface area contributed by atoms with E-state index in [2.05, 4.69) is 10.6 Å². The molecular weight excluding hydrogens is 764 g/mol. The molecule has 9 nitrogen and oxygen atoms in total. The lowest BCUT2D eigenvalue weighted by molar-refractivity contribution is -0.117. The summed E-state index contributed by atoms with van der Waals surface area (Å²) in [6.45, 7) is 2.54. The Morgan fingerprint density at radius 1 is 0.947 bits per heavy atom. The van der Waals surface area contributed by atoms with Gasteiger partial charge in [0.25, 0.3) is 11.7 Å². The highest BCUT2D eigenvalue weighted by Crippen LogP contribution is 2.56. The molecule has 1 aliphatic carbocycles. The van der Waals surface area contributed by atoms with Gasteiger partial charge >= 0.3 is 0 Å². The molecule has 4 heterocycles. The number of rotatable bonds is 8. The van der Waals surface area contributed by atoms with Crippen molar-refractivity contribution in [1.82, 2.24) is 9.55 Å². The fourth-order valence-corrected chi connectivity index (χ4v) is 8.22. The van der Waals surface area contributed by atoms with Crippen LogP contribution < -0.4 is 20.1 Å². The van der Waals surface area contributed by atoms with Gasteiger partial charge in [-0.2, -0.15) is 0 Å². The monoisotopic (exact) mass is 794 g/mol. The van der Waals surface area contributed by atoms with E-state index in [-0.39, 0.29) is 62.9 Å². The van der Waals surface area contributed by atoms with Crippen LogP contribution in [0.2, 0.25) is 5.02 Å². The Balaban J connectivity index is 0.939. The minimum absolute atomic E-state index is 0.0703. The molecule has 0 radical (unpaired) electrons. The van der Waals surface area contributed by atoms with E-state index in [1.807, 2.05) is 4.57 Å². The molecule has 4 aliphatic rings. The Labute approximate surface area is 327 Å². The molecule has 288 valence electrons. The van der Waals surface area contributed by atoms with E-state index in [1.54, 1.807) is 49.4 Å². The van der Waals surface area contributed by atoms with Gasteiger partial charge in [0.15, 0.2) is 11.5 Å². The average molecular weight is 795 g/mol. The highest BCUT2D eigenvalue weighted by Gasteiger charge is 2.57. The summed E-state index contributed by atoms with van der Waals surface area (Å²) in [7, 11) is 0. The van der Waals surface area contributed by atoms with Crippen LogP contribution in [0.15, 0.2) is 78.9 Å². The Bertz CT molecular complexity index is 2710. The molecule has 5 aromatic carbocycles. The lowest BCUT2D eigenvalue weighted by atomic mass is 9.95. The first kappa shape index (κ1) is 35.5. The molecular formula is C43H31ClF4N4O5. The predicted molar refractivity (Wildman–Crippen MR) is 203 cm³/mol. The van der Waals surface area contributed by atoms with Crippen LogP contribution in [0.25, 0.3) is 22.2 Å². The summed E-state index contributed by atoms with van der Waals surface area (Å²) < 4.78 is 81.9. The molecule has 6 aromatic rings. The SMILES string of the molecule is CC1(c2ccc(Cl)cc2F)Oc2cccc(-c3cc(F)c(Cc4nc5cc(NC(=O)c6cc(F)c7c(c6)C6(CC6)C(=O)N7)ccc5n4C[C@@H]4CCO4)c(F)c3)c2O1. The van der Waals surface area contributed by atoms with Gasteiger partial charge in [0.1, 0.15) is 29.1 Å². The van der Waals surface area contributed by atoms with E-state index in [1.165, 1.54) is 24.3 Å². The zero-order chi connectivity index (χ0) is 39.4. The van der Waals surface area contributed by atoms with Gasteiger partial charge in [-0.1, -0.05) is 23.7 Å². The van der Waals surface area contributed by atoms with Gasteiger partial charge in [-0.25, -0.2) is 22.5 Å². The highest BCUT2D eigenvalue weighted by atomic mass is 35.5. The highest BCUT2D eigenvalue weighted by molar-refractivity contribution is 6.30. The number of imidazole rings is 1. The minimum Gasteiger partial charge on any atom is -0.444 e. The molecule has 57 heavy (non-hydrogen) atoms. The van der Waals surface area contributed by atoms with Gasteiger partial charge in [0.05, 0.1) is 40.3 Å². The van der Waals surface area contributed by atoms with E-state index in [0.29, 0.717) is 59.7 Å². The second kappa shape index (κ2) is 12.8. The lowest BCUT2D eigenvalue weighted by Gasteiger charge is -2.27. The number of nitrogens with zero attached hydrogens (tertiary/aromatic N) is 2. The maximum absolute atomic E-state index is 16.1. The number of aromatic nitrogens is 2. The summed E-state index contributed by atoms with van der Waals surface area (Å²) >= 11 is 5.95. The molecule has 1 aromatic heterocycles. The van der Waals surface area contributed by atoms with E-state index < -0.39 is 40.4 Å². The summed E-state index contributed by atoms with van der Waals surface area (Å²) in [5, 5.41) is 5.61. The van der Waals surface area contributed by atoms with Crippen LogP contribution >= 0.6 is 11.6 Å². The van der Waals surface area contributed by atoms with Gasteiger partial charge in [0, 0.05) is 47.4 Å². The summed E-state index contributed by atoms with van der Waals surface area (Å²) in [4.78, 5) is 30.6. The van der Waals surface area contributed by atoms with Crippen molar-refractivity contribution in [3.63, 3.8) is 0 Å². The number of halogens is 5. The number of nitrogens with one attached hydrogen (secondary N) is 2. The van der Waals surface area contributed by atoms with Crippen molar-refractivity contribution in [2.24, 2.45) is 0 Å². The maximum Gasteiger partial charge on any atom is 0.278 e. The second-order valence-corrected chi connectivity index (χ2v) is 15.4. The van der Waals surface area contributed by atoms with Crippen molar-refractivity contribution in [3.8, 4) is 22.6 Å². The standard InChI is InChI=1S/C43H31ClF4N4O5/c1-42(28-7-5-23(44)17-32(28)47)56-36-4-2-3-26(39(36)57-42)21-14-30(45)27(31(46)15-21)19-37-50-34-18-24(6-8-35(34)52(37)20-25-9-12-55-25)49-40(53)22-13-29-38(33(48)16-22)51-41(54)43(29)10-11-43/h2-8,13-18,25H,9-12,19-20H2,1H3,(H,49,53)(H,51,54)/t25-,42?/m0/s1. The van der Waals surface area contributed by atoms with Crippen LogP contribution in [0.4, 0.5) is 28.9 Å². The number of carbonyl (C=O) groups is 2. The van der Waals surface area contributed by atoms with Gasteiger partial charge in [-0.05, 0) is 97.1 Å². The van der Waals surface area contributed by atoms with Gasteiger partial charge in [-0.15, -0.1) is 0 Å². The summed E-state index contributed by atoms with van der Waals surface area (Å²) in [5.74, 6) is -4.47. The van der Waals surface area contributed by atoms with Crippen molar-refractivity contribution >= 4 is 45.8 Å². The topological polar surface area (TPSA) is 104 Å². The van der Waals surface area contributed by atoms with Crippen LogP contribution in [-0.4, -0.2) is 34.1 Å². The smallest absolute Gasteiger partial charge is 0.278 e. The predicted octanol–water partition coefficient (Wildman–Crippen LogP) is 9.17. The van der Waals surface area contributed by atoms with E-state index in [4.69, 9.17) is 30.8 Å². The van der Waals surface area contributed by atoms with E-state index in [9.17, 15) is 18.4 Å². The molecule has 2 atom stereocenters. The van der Waals surface area contributed by atoms with Crippen LogP contribution in [0.3, 0.4) is 0 Å². The van der Waals surface area contributed by atoms with Crippen molar-refractivity contribution in [1.29, 1.82) is 0 Å². The van der Waals surface area contributed by atoms with Crippen molar-refractivity contribution in [2.75, 3.05) is 17.2 Å². The molecule has 1 saturated carbocycles. The number of ether oxygens (including phenoxy) is 3. The molecule has 2 N–H and O–H groups in total. The molecule has 1 saturated heterocycles. The zero-order valence-electron chi connectivity index (χ0n) is 30.2. The molecule has 10 rings (SSSR count). The number of hydrogen-bond acceptors (Lipinski definition) is 6. The molecule has 3 aliphatic heterocycles. The fraction of sp³-hybridized carbons (Fsp3) is 0.233. The summed E-state index contributed by atoms with van der Waals surface area (Å²) in [6.07, 6.45) is 1.68. The summed E-state index contributed by atoms with van der Waals surface area (Å²) in [5.41, 5.74) is 1.83. The Morgan fingerprint density at radius 3 is 2.46 bits per heavy atom. The fourth-order valence-electron chi connectivity index (χ4n) is 8.06. The lowest BCUT2D eigenvalue weighted by Crippen LogP contribution is -2.32. The van der Waals surface area contributed by atoms with Crippen molar-refractivity contribution in [2.45, 2.75) is 56.5 Å². The Morgan fingerprint density at radius 2 is 1.74 bits per heavy atom. The van der Waals surface area contributed by atoms with Crippen LogP contribution in [0.1, 0.15) is 59.1 Å². The van der Waals surface area contributed by atoms with Gasteiger partial charge in [-0.3, -0.25) is 9.59 Å². The Kier molecular flexibility index (Phi) is 7.97. The third-order valence-electron chi connectivity index (χ3n) is 11.3. The van der Waals surface area contributed by atoms with Crippen LogP contribution in [-0.2, 0) is 33.7 Å². The number of anilines is 2. The number of para-hydroxylation sites is 1. The molecule has 1 spiro atoms. The first-order valence-corrected chi connectivity index (χ1v) is 18.8. The summed E-state index contributed by atoms with van der Waals surface area (Å²) in [6, 6.07) is 19.2. The molecule has 2 amide bonds. The van der Waals surface area contributed by atoms with Crippen LogP contribution in [0, 0.1) is 23.3 Å². The average Bonchev–Trinajstić information content (AvgIpc) is 3.68. The Hall–Kier alpha value is -5.92. The van der Waals surface area contributed by atoms with Crippen molar-refractivity contribution < 1.29 is 41.4 Å². The molecule has 1 unspecified atom stereocenters. The third kappa shape index (κ3) is 5.82. The number of amides is 2. The maximum atomic E-state index is 16.1. The first-order chi connectivity index (χ1) is 27.4. The molecule has 14 heteroatoms. The third-order valence-corrected chi connectivity index (χ3v) is 11.6. The largest absolute Gasteiger partial charge is 0.444 e. The zero-order valence-corrected chi connectivity index (χ0v) is 30.9. The van der Waals surface area contributed by atoms with Gasteiger partial charge in [0.2, 0.25) is 5.91 Å². The number of benzene rings is 5. The van der Waals surface area contributed by atoms with Crippen LogP contribution in [0.5, 0.6) is 11.5 Å². The van der Waals surface area contributed by atoms with E-state index >= 15 is 8.78 Å². The second-order valence-electron chi connectivity index (χ2n) is 15.0. The van der Waals surface area contributed by atoms with Crippen molar-refractivity contribution in [3.05, 3.63) is 135 Å². The quantitative estimate of drug-likeness (QED) is 0.149. The molecule has 2 fully saturated rings. The van der Waals surface area contributed by atoms with Gasteiger partial charge < -0.3 is 29.4 Å². The minimum atomic E-state index is -1.56. The molecule has 0 bridgehead atoms. The van der Waals surface area contributed by atoms with E-state index in [0.717, 1.165) is 18.6 Å². The number of fused-ring (bicyclic) bond motifs is 4. The number of hydrogen-bond donors (Lipinski definition) is 2. The normalized spacial score (nSPS) is 19.8. The first-order valence-electron chi connectivity index (χ1n) is 18.4.